The largest absolute Gasteiger partial charge is 0.508 e. The van der Waals surface area contributed by atoms with Crippen molar-refractivity contribution in [3.05, 3.63) is 57.8 Å². The number of hydrogen-bond acceptors (Lipinski definition) is 20. The number of allylic oxidation sites excluding steroid dienone is 2. The van der Waals surface area contributed by atoms with Gasteiger partial charge in [-0.2, -0.15) is 0 Å². The molecule has 0 unspecified atom stereocenters. The highest BCUT2D eigenvalue weighted by molar-refractivity contribution is 5.91. The fourth-order valence-electron chi connectivity index (χ4n) is 6.86. The van der Waals surface area contributed by atoms with Crippen molar-refractivity contribution in [1.82, 2.24) is 0 Å². The summed E-state index contributed by atoms with van der Waals surface area (Å²) in [5.41, 5.74) is -0.335. The monoisotopic (exact) mass is 824 g/mol. The van der Waals surface area contributed by atoms with Crippen molar-refractivity contribution < 1.29 is 94.1 Å². The Labute approximate surface area is 329 Å². The molecule has 0 saturated carbocycles. The van der Waals surface area contributed by atoms with Crippen LogP contribution in [-0.2, 0) is 25.4 Å². The second-order valence-electron chi connectivity index (χ2n) is 14.6. The van der Waals surface area contributed by atoms with E-state index in [1.165, 1.54) is 31.2 Å². The normalized spacial score (nSPS) is 35.4. The lowest BCUT2D eigenvalue weighted by Crippen LogP contribution is -2.64. The predicted molar refractivity (Wildman–Crippen MR) is 194 cm³/mol. The van der Waals surface area contributed by atoms with Gasteiger partial charge in [0.15, 0.2) is 18.2 Å². The second-order valence-corrected chi connectivity index (χ2v) is 14.6. The Bertz CT molecular complexity index is 1980. The first kappa shape index (κ1) is 43.6. The first-order valence-corrected chi connectivity index (χ1v) is 18.4. The maximum Gasteiger partial charge on any atom is 0.239 e. The van der Waals surface area contributed by atoms with Gasteiger partial charge in [0, 0.05) is 17.2 Å². The molecule has 1 aromatic heterocycles. The summed E-state index contributed by atoms with van der Waals surface area (Å²) in [5.74, 6) is -2.18. The predicted octanol–water partition coefficient (Wildman–Crippen LogP) is -2.41. The summed E-state index contributed by atoms with van der Waals surface area (Å²) in [6.07, 6.45) is -23.8. The number of aliphatic hydroxyl groups excluding tert-OH is 10. The summed E-state index contributed by atoms with van der Waals surface area (Å²) in [5, 5.41) is 125. The minimum atomic E-state index is -1.96. The van der Waals surface area contributed by atoms with Gasteiger partial charge >= 0.3 is 0 Å². The summed E-state index contributed by atoms with van der Waals surface area (Å²) < 4.78 is 41.0. The van der Waals surface area contributed by atoms with Gasteiger partial charge in [-0.3, -0.25) is 4.79 Å². The van der Waals surface area contributed by atoms with E-state index in [1.807, 2.05) is 0 Å². The molecule has 0 spiro atoms. The molecule has 6 rings (SSSR count). The molecule has 0 radical (unpaired) electrons. The first-order valence-electron chi connectivity index (χ1n) is 18.4. The Hall–Kier alpha value is -3.97. The number of ether oxygens (including phenoxy) is 6. The number of fused-ring (bicyclic) bond motifs is 1. The average Bonchev–Trinajstić information content (AvgIpc) is 3.19. The smallest absolute Gasteiger partial charge is 0.239 e. The van der Waals surface area contributed by atoms with E-state index in [1.54, 1.807) is 19.9 Å². The molecule has 2 aromatic carbocycles. The molecule has 3 fully saturated rings. The van der Waals surface area contributed by atoms with Crippen molar-refractivity contribution in [2.24, 2.45) is 0 Å². The van der Waals surface area contributed by atoms with E-state index in [0.717, 1.165) is 11.6 Å². The van der Waals surface area contributed by atoms with Gasteiger partial charge in [-0.25, -0.2) is 0 Å². The van der Waals surface area contributed by atoms with Crippen LogP contribution in [0.4, 0.5) is 0 Å². The van der Waals surface area contributed by atoms with Crippen molar-refractivity contribution in [3.63, 3.8) is 0 Å². The van der Waals surface area contributed by atoms with E-state index in [-0.39, 0.29) is 40.4 Å². The first-order chi connectivity index (χ1) is 27.5. The van der Waals surface area contributed by atoms with E-state index >= 15 is 0 Å². The second kappa shape index (κ2) is 17.7. The molecule has 20 nitrogen and oxygen atoms in total. The van der Waals surface area contributed by atoms with Crippen LogP contribution in [0.25, 0.3) is 22.3 Å². The number of phenolic OH excluding ortho intramolecular Hbond substituents is 2. The third kappa shape index (κ3) is 8.40. The summed E-state index contributed by atoms with van der Waals surface area (Å²) in [6, 6.07) is 6.23. The van der Waals surface area contributed by atoms with Crippen LogP contribution < -0.4 is 14.9 Å². The number of rotatable bonds is 11. The molecule has 12 N–H and O–H groups in total. The molecule has 4 heterocycles. The minimum absolute atomic E-state index is 0.0311. The third-order valence-electron chi connectivity index (χ3n) is 10.3. The lowest BCUT2D eigenvalue weighted by Gasteiger charge is -2.45. The van der Waals surface area contributed by atoms with Gasteiger partial charge < -0.3 is 94.1 Å². The summed E-state index contributed by atoms with van der Waals surface area (Å²) in [6.45, 7) is 3.31. The highest BCUT2D eigenvalue weighted by Crippen LogP contribution is 2.42. The molecule has 20 heteroatoms. The van der Waals surface area contributed by atoms with E-state index < -0.39 is 128 Å². The summed E-state index contributed by atoms with van der Waals surface area (Å²) in [7, 11) is 0. The number of benzene rings is 2. The number of hydrogen-bond donors (Lipinski definition) is 12. The summed E-state index contributed by atoms with van der Waals surface area (Å²) in [4.78, 5) is 14.7. The third-order valence-corrected chi connectivity index (χ3v) is 10.3. The van der Waals surface area contributed by atoms with Gasteiger partial charge in [0.25, 0.3) is 0 Å². The molecule has 3 aliphatic heterocycles. The Balaban J connectivity index is 1.50. The maximum atomic E-state index is 14.7. The molecule has 320 valence electrons. The lowest BCUT2D eigenvalue weighted by atomic mass is 9.97. The molecule has 3 aromatic rings. The van der Waals surface area contributed by atoms with Crippen LogP contribution in [0.15, 0.2) is 51.2 Å². The standard InChI is InChI=1S/C38H48O20/c1-13(2)4-9-17-19(53-37-31(51)28(48)24(44)20(11-39)54-37)10-18(42)22-26(46)34(32(56-33(17)22)15-5-7-16(41)8-6-15)57-38-35(29(49)25(45)21(12-40)55-38)58-36-30(50)27(47)23(43)14(3)52-36/h4-8,10,14,20-21,23-25,27-31,35-45,47-51H,9,11-12H2,1-3H3/t14-,20-,21-,23+,24-,25-,27-,28+,29+,30-,31-,35-,36+,37-,38+/m1/s1. The number of aliphatic hydroxyl groups is 10. The molecular weight excluding hydrogens is 776 g/mol. The van der Waals surface area contributed by atoms with Crippen LogP contribution in [0.1, 0.15) is 26.3 Å². The fourth-order valence-corrected chi connectivity index (χ4v) is 6.86. The highest BCUT2D eigenvalue weighted by Gasteiger charge is 2.51. The van der Waals surface area contributed by atoms with E-state index in [9.17, 15) is 66.1 Å². The van der Waals surface area contributed by atoms with Gasteiger partial charge in [-0.05, 0) is 51.5 Å². The number of aromatic hydroxyl groups is 2. The van der Waals surface area contributed by atoms with Crippen LogP contribution in [0.3, 0.4) is 0 Å². The molecule has 58 heavy (non-hydrogen) atoms. The van der Waals surface area contributed by atoms with Gasteiger partial charge in [-0.1, -0.05) is 11.6 Å². The lowest BCUT2D eigenvalue weighted by molar-refractivity contribution is -0.354. The number of phenols is 2. The molecule has 0 bridgehead atoms. The van der Waals surface area contributed by atoms with Gasteiger partial charge in [-0.15, -0.1) is 0 Å². The van der Waals surface area contributed by atoms with Crippen LogP contribution in [0.2, 0.25) is 0 Å². The Morgan fingerprint density at radius 2 is 1.31 bits per heavy atom. The van der Waals surface area contributed by atoms with Gasteiger partial charge in [0.2, 0.25) is 23.8 Å². The highest BCUT2D eigenvalue weighted by atomic mass is 16.8. The van der Waals surface area contributed by atoms with Crippen molar-refractivity contribution in [1.29, 1.82) is 0 Å². The quantitative estimate of drug-likeness (QED) is 0.0896. The van der Waals surface area contributed by atoms with E-state index in [2.05, 4.69) is 0 Å². The summed E-state index contributed by atoms with van der Waals surface area (Å²) >= 11 is 0. The van der Waals surface area contributed by atoms with E-state index in [0.29, 0.717) is 0 Å². The van der Waals surface area contributed by atoms with Crippen LogP contribution in [0.5, 0.6) is 23.0 Å². The van der Waals surface area contributed by atoms with Gasteiger partial charge in [0.1, 0.15) is 89.3 Å². The Morgan fingerprint density at radius 1 is 0.724 bits per heavy atom. The topological polar surface area (TPSA) is 328 Å². The molecular formula is C38H48O20. The molecule has 3 saturated heterocycles. The zero-order chi connectivity index (χ0) is 42.3. The van der Waals surface area contributed by atoms with Crippen LogP contribution in [-0.4, -0.2) is 167 Å². The van der Waals surface area contributed by atoms with Crippen molar-refractivity contribution in [2.45, 2.75) is 119 Å². The Morgan fingerprint density at radius 3 is 1.93 bits per heavy atom. The maximum absolute atomic E-state index is 14.7. The molecule has 3 aliphatic rings. The van der Waals surface area contributed by atoms with Crippen molar-refractivity contribution >= 4 is 11.0 Å². The zero-order valence-electron chi connectivity index (χ0n) is 31.4. The Kier molecular flexibility index (Phi) is 13.3. The van der Waals surface area contributed by atoms with Gasteiger partial charge in [0.05, 0.1) is 19.3 Å². The molecule has 0 aliphatic carbocycles. The zero-order valence-corrected chi connectivity index (χ0v) is 31.4. The van der Waals surface area contributed by atoms with Crippen molar-refractivity contribution in [2.75, 3.05) is 13.2 Å². The minimum Gasteiger partial charge on any atom is -0.508 e. The average molecular weight is 825 g/mol. The van der Waals surface area contributed by atoms with E-state index in [4.69, 9.17) is 32.8 Å². The van der Waals surface area contributed by atoms with Crippen molar-refractivity contribution in [3.8, 4) is 34.3 Å². The SMILES string of the molecule is CC(C)=CCc1c(O[C@@H]2O[C@H](CO)[C@@H](O)[C@H](O)[C@H]2O)cc(O)c2c(=O)c(O[C@@H]3O[C@H](CO)[C@@H](O)[C@H](O)[C@H]3O[C@@H]3O[C@H](C)[C@H](O)[C@@H](O)[C@H]3O)c(-c3ccc(O)cc3)oc12. The van der Waals surface area contributed by atoms with Crippen LogP contribution >= 0.6 is 0 Å². The van der Waals surface area contributed by atoms with Crippen LogP contribution in [0, 0.1) is 0 Å². The molecule has 0 amide bonds. The molecule has 15 atom stereocenters. The fraction of sp³-hybridized carbons (Fsp3) is 0.553.